The number of nitrogens with one attached hydrogen (secondary N) is 1. The maximum Gasteiger partial charge on any atom is 0.274 e. The van der Waals surface area contributed by atoms with Gasteiger partial charge in [-0.25, -0.2) is 0 Å². The molecule has 6 heteroatoms. The van der Waals surface area contributed by atoms with Gasteiger partial charge in [-0.3, -0.25) is 4.79 Å². The third kappa shape index (κ3) is 5.21. The van der Waals surface area contributed by atoms with Crippen LogP contribution in [-0.2, 0) is 0 Å². The van der Waals surface area contributed by atoms with Crippen LogP contribution in [0.4, 0.5) is 5.82 Å². The summed E-state index contributed by atoms with van der Waals surface area (Å²) in [4.78, 5) is 13.5. The van der Waals surface area contributed by atoms with Crippen molar-refractivity contribution in [2.75, 3.05) is 25.5 Å². The molecule has 1 aromatic rings. The molecule has 0 spiro atoms. The fraction of sp³-hybridized carbons (Fsp3) is 0.615. The number of amides is 1. The van der Waals surface area contributed by atoms with Crippen molar-refractivity contribution in [3.8, 4) is 0 Å². The summed E-state index contributed by atoms with van der Waals surface area (Å²) in [6.45, 7) is 6.42. The summed E-state index contributed by atoms with van der Waals surface area (Å²) < 4.78 is 0. The lowest BCUT2D eigenvalue weighted by molar-refractivity contribution is 0.0364. The van der Waals surface area contributed by atoms with Crippen molar-refractivity contribution in [1.29, 1.82) is 0 Å². The largest absolute Gasteiger partial charge is 0.389 e. The molecule has 0 fully saturated rings. The molecular formula is C13H22N4O2. The standard InChI is InChI=1S/C13H22N4O2/c1-5-8-14-11-7-6-10(15-16-11)12(18)17(4)9-13(2,3)19/h6-7,19H,5,8-9H2,1-4H3,(H,14,16). The molecule has 106 valence electrons. The van der Waals surface area contributed by atoms with Crippen molar-refractivity contribution >= 4 is 11.7 Å². The quantitative estimate of drug-likeness (QED) is 0.807. The van der Waals surface area contributed by atoms with E-state index in [9.17, 15) is 9.90 Å². The van der Waals surface area contributed by atoms with Gasteiger partial charge < -0.3 is 15.3 Å². The Hall–Kier alpha value is -1.69. The number of likely N-dealkylation sites (N-methyl/N-ethyl adjacent to an activating group) is 1. The van der Waals surface area contributed by atoms with Crippen molar-refractivity contribution < 1.29 is 9.90 Å². The molecule has 0 saturated heterocycles. The predicted molar refractivity (Wildman–Crippen MR) is 74.1 cm³/mol. The van der Waals surface area contributed by atoms with E-state index in [4.69, 9.17) is 0 Å². The highest BCUT2D eigenvalue weighted by molar-refractivity contribution is 5.92. The van der Waals surface area contributed by atoms with Gasteiger partial charge in [-0.2, -0.15) is 0 Å². The number of nitrogens with zero attached hydrogens (tertiary/aromatic N) is 3. The summed E-state index contributed by atoms with van der Waals surface area (Å²) in [6, 6.07) is 3.36. The normalized spacial score (nSPS) is 11.2. The molecule has 19 heavy (non-hydrogen) atoms. The molecule has 1 heterocycles. The zero-order chi connectivity index (χ0) is 14.5. The number of carbonyl (C=O) groups excluding carboxylic acids is 1. The van der Waals surface area contributed by atoms with Crippen LogP contribution in [0.5, 0.6) is 0 Å². The Morgan fingerprint density at radius 2 is 2.11 bits per heavy atom. The van der Waals surface area contributed by atoms with Crippen LogP contribution in [0.15, 0.2) is 12.1 Å². The van der Waals surface area contributed by atoms with Crippen molar-refractivity contribution in [3.63, 3.8) is 0 Å². The van der Waals surface area contributed by atoms with Crippen LogP contribution in [0.2, 0.25) is 0 Å². The molecule has 0 aliphatic heterocycles. The molecule has 0 bridgehead atoms. The average molecular weight is 266 g/mol. The highest BCUT2D eigenvalue weighted by atomic mass is 16.3. The Kier molecular flexibility index (Phi) is 5.23. The lowest BCUT2D eigenvalue weighted by Gasteiger charge is -2.25. The van der Waals surface area contributed by atoms with Crippen LogP contribution in [-0.4, -0.2) is 51.8 Å². The van der Waals surface area contributed by atoms with Crippen LogP contribution in [0, 0.1) is 0 Å². The van der Waals surface area contributed by atoms with Crippen molar-refractivity contribution in [1.82, 2.24) is 15.1 Å². The Morgan fingerprint density at radius 3 is 2.58 bits per heavy atom. The van der Waals surface area contributed by atoms with Gasteiger partial charge in [0.1, 0.15) is 5.82 Å². The minimum absolute atomic E-state index is 0.239. The summed E-state index contributed by atoms with van der Waals surface area (Å²) in [5.41, 5.74) is -0.658. The monoisotopic (exact) mass is 266 g/mol. The van der Waals surface area contributed by atoms with Crippen LogP contribution in [0.1, 0.15) is 37.7 Å². The molecule has 1 aromatic heterocycles. The van der Waals surface area contributed by atoms with E-state index in [-0.39, 0.29) is 18.1 Å². The first-order chi connectivity index (χ1) is 8.83. The Bertz CT molecular complexity index is 412. The lowest BCUT2D eigenvalue weighted by Crippen LogP contribution is -2.40. The zero-order valence-electron chi connectivity index (χ0n) is 12.0. The number of aliphatic hydroxyl groups is 1. The maximum absolute atomic E-state index is 12.0. The first-order valence-corrected chi connectivity index (χ1v) is 6.39. The Labute approximate surface area is 113 Å². The third-order valence-corrected chi connectivity index (χ3v) is 2.41. The second kappa shape index (κ2) is 6.47. The molecule has 0 aromatic carbocycles. The number of aromatic nitrogens is 2. The van der Waals surface area contributed by atoms with E-state index in [1.54, 1.807) is 33.0 Å². The fourth-order valence-electron chi connectivity index (χ4n) is 1.64. The molecule has 0 aliphatic rings. The summed E-state index contributed by atoms with van der Waals surface area (Å²) in [5, 5.41) is 20.6. The molecular weight excluding hydrogens is 244 g/mol. The average Bonchev–Trinajstić information content (AvgIpc) is 2.34. The number of hydrogen-bond donors (Lipinski definition) is 2. The Balaban J connectivity index is 2.67. The molecule has 0 unspecified atom stereocenters. The fourth-order valence-corrected chi connectivity index (χ4v) is 1.64. The van der Waals surface area contributed by atoms with Crippen LogP contribution >= 0.6 is 0 Å². The number of rotatable bonds is 6. The molecule has 6 nitrogen and oxygen atoms in total. The number of hydrogen-bond acceptors (Lipinski definition) is 5. The predicted octanol–water partition coefficient (Wildman–Crippen LogP) is 1.14. The highest BCUT2D eigenvalue weighted by Gasteiger charge is 2.21. The minimum Gasteiger partial charge on any atom is -0.389 e. The molecule has 1 amide bonds. The molecule has 0 radical (unpaired) electrons. The molecule has 2 N–H and O–H groups in total. The first-order valence-electron chi connectivity index (χ1n) is 6.39. The second-order valence-electron chi connectivity index (χ2n) is 5.20. The van der Waals surface area contributed by atoms with Crippen molar-refractivity contribution in [3.05, 3.63) is 17.8 Å². The van der Waals surface area contributed by atoms with Gasteiger partial charge in [0.2, 0.25) is 0 Å². The maximum atomic E-state index is 12.0. The molecule has 0 saturated carbocycles. The van der Waals surface area contributed by atoms with E-state index >= 15 is 0 Å². The van der Waals surface area contributed by atoms with Gasteiger partial charge >= 0.3 is 0 Å². The third-order valence-electron chi connectivity index (χ3n) is 2.41. The number of anilines is 1. The van der Waals surface area contributed by atoms with Gasteiger partial charge in [0, 0.05) is 20.1 Å². The SMILES string of the molecule is CCCNc1ccc(C(=O)N(C)CC(C)(C)O)nn1. The molecule has 0 atom stereocenters. The summed E-state index contributed by atoms with van der Waals surface area (Å²) >= 11 is 0. The van der Waals surface area contributed by atoms with Gasteiger partial charge in [-0.15, -0.1) is 10.2 Å². The first kappa shape index (κ1) is 15.4. The van der Waals surface area contributed by atoms with Crippen molar-refractivity contribution in [2.24, 2.45) is 0 Å². The van der Waals surface area contributed by atoms with Crippen LogP contribution < -0.4 is 5.32 Å². The zero-order valence-corrected chi connectivity index (χ0v) is 12.0. The van der Waals surface area contributed by atoms with E-state index in [0.717, 1.165) is 13.0 Å². The van der Waals surface area contributed by atoms with Gasteiger partial charge in [-0.05, 0) is 32.4 Å². The van der Waals surface area contributed by atoms with E-state index < -0.39 is 5.60 Å². The van der Waals surface area contributed by atoms with Gasteiger partial charge in [0.05, 0.1) is 5.60 Å². The van der Waals surface area contributed by atoms with Crippen molar-refractivity contribution in [2.45, 2.75) is 32.8 Å². The number of carbonyl (C=O) groups is 1. The van der Waals surface area contributed by atoms with Crippen LogP contribution in [0.25, 0.3) is 0 Å². The summed E-state index contributed by atoms with van der Waals surface area (Å²) in [5.74, 6) is 0.403. The molecule has 1 rings (SSSR count). The smallest absolute Gasteiger partial charge is 0.274 e. The summed E-state index contributed by atoms with van der Waals surface area (Å²) in [6.07, 6.45) is 0.997. The van der Waals surface area contributed by atoms with Gasteiger partial charge in [-0.1, -0.05) is 6.92 Å². The summed E-state index contributed by atoms with van der Waals surface area (Å²) in [7, 11) is 1.63. The Morgan fingerprint density at radius 1 is 1.42 bits per heavy atom. The second-order valence-corrected chi connectivity index (χ2v) is 5.20. The minimum atomic E-state index is -0.930. The highest BCUT2D eigenvalue weighted by Crippen LogP contribution is 2.08. The van der Waals surface area contributed by atoms with Crippen LogP contribution in [0.3, 0.4) is 0 Å². The van der Waals surface area contributed by atoms with E-state index in [2.05, 4.69) is 22.4 Å². The lowest BCUT2D eigenvalue weighted by atomic mass is 10.1. The van der Waals surface area contributed by atoms with Gasteiger partial charge in [0.25, 0.3) is 5.91 Å². The topological polar surface area (TPSA) is 78.4 Å². The van der Waals surface area contributed by atoms with E-state index in [1.165, 1.54) is 4.90 Å². The van der Waals surface area contributed by atoms with Gasteiger partial charge in [0.15, 0.2) is 5.69 Å². The van der Waals surface area contributed by atoms with E-state index in [1.807, 2.05) is 0 Å². The molecule has 0 aliphatic carbocycles. The van der Waals surface area contributed by atoms with E-state index in [0.29, 0.717) is 5.82 Å².